The van der Waals surface area contributed by atoms with Crippen LogP contribution < -0.4 is 0 Å². The lowest BCUT2D eigenvalue weighted by Gasteiger charge is -2.25. The molecule has 3 rings (SSSR count). The fourth-order valence-electron chi connectivity index (χ4n) is 2.81. The van der Waals surface area contributed by atoms with Gasteiger partial charge >= 0.3 is 0 Å². The molecule has 0 unspecified atom stereocenters. The molecule has 2 aromatic carbocycles. The summed E-state index contributed by atoms with van der Waals surface area (Å²) in [5.74, 6) is -0.0324. The van der Waals surface area contributed by atoms with Gasteiger partial charge < -0.3 is 4.74 Å². The molecule has 28 heavy (non-hydrogen) atoms. The maximum absolute atomic E-state index is 12.5. The minimum absolute atomic E-state index is 0.0324. The van der Waals surface area contributed by atoms with Gasteiger partial charge in [0.1, 0.15) is 0 Å². The van der Waals surface area contributed by atoms with Crippen molar-refractivity contribution in [2.45, 2.75) is 6.92 Å². The Bertz CT molecular complexity index is 785. The minimum atomic E-state index is -0.0324. The van der Waals surface area contributed by atoms with Crippen molar-refractivity contribution < 1.29 is 9.53 Å². The second kappa shape index (κ2) is 11.9. The van der Waals surface area contributed by atoms with Crippen LogP contribution in [0.4, 0.5) is 0 Å². The molecular weight excluding hydrogens is 346 g/mol. The van der Waals surface area contributed by atoms with Crippen molar-refractivity contribution in [2.75, 3.05) is 32.8 Å². The van der Waals surface area contributed by atoms with Crippen LogP contribution in [0.15, 0.2) is 79.9 Å². The number of rotatable bonds is 6. The molecule has 0 radical (unpaired) electrons. The third-order valence-corrected chi connectivity index (χ3v) is 4.35. The van der Waals surface area contributed by atoms with E-state index in [4.69, 9.17) is 4.74 Å². The first-order valence-corrected chi connectivity index (χ1v) is 9.58. The van der Waals surface area contributed by atoms with Crippen molar-refractivity contribution in [2.24, 2.45) is 0 Å². The van der Waals surface area contributed by atoms with E-state index in [1.54, 1.807) is 6.08 Å². The molecule has 1 fully saturated rings. The monoisotopic (exact) mass is 375 g/mol. The zero-order valence-corrected chi connectivity index (χ0v) is 16.6. The zero-order chi connectivity index (χ0) is 20.2. The van der Waals surface area contributed by atoms with Gasteiger partial charge in [-0.1, -0.05) is 79.4 Å². The summed E-state index contributed by atoms with van der Waals surface area (Å²) >= 11 is 0. The molecule has 1 aliphatic rings. The Morgan fingerprint density at radius 1 is 1.04 bits per heavy atom. The molecule has 0 aromatic heterocycles. The predicted molar refractivity (Wildman–Crippen MR) is 118 cm³/mol. The number of ether oxygens (including phenoxy) is 1. The first kappa shape index (κ1) is 21.5. The van der Waals surface area contributed by atoms with Crippen LogP contribution in [0.5, 0.6) is 0 Å². The fraction of sp³-hybridized carbons (Fsp3) is 0.240. The van der Waals surface area contributed by atoms with Gasteiger partial charge in [-0.25, -0.2) is 0 Å². The largest absolute Gasteiger partial charge is 0.379 e. The van der Waals surface area contributed by atoms with E-state index in [0.717, 1.165) is 44.0 Å². The first-order chi connectivity index (χ1) is 13.7. The van der Waals surface area contributed by atoms with Gasteiger partial charge in [0.25, 0.3) is 0 Å². The number of Topliss-reactive ketones (excluding diaryl/α,β-unsaturated/α-hetero) is 1. The Morgan fingerprint density at radius 3 is 2.25 bits per heavy atom. The van der Waals surface area contributed by atoms with Crippen LogP contribution in [-0.2, 0) is 4.74 Å². The summed E-state index contributed by atoms with van der Waals surface area (Å²) in [5, 5.41) is 0. The highest BCUT2D eigenvalue weighted by atomic mass is 16.5. The van der Waals surface area contributed by atoms with Gasteiger partial charge in [-0.05, 0) is 18.1 Å². The Morgan fingerprint density at radius 2 is 1.64 bits per heavy atom. The fourth-order valence-corrected chi connectivity index (χ4v) is 2.81. The van der Waals surface area contributed by atoms with Gasteiger partial charge in [0, 0.05) is 30.8 Å². The van der Waals surface area contributed by atoms with E-state index in [1.807, 2.05) is 61.5 Å². The normalized spacial score (nSPS) is 14.2. The lowest BCUT2D eigenvalue weighted by atomic mass is 9.97. The zero-order valence-electron chi connectivity index (χ0n) is 16.6. The standard InChI is InChI=1S/C22H23NO2.C3H6/c1-18(20-7-3-2-4-8-20)22(24)21-11-9-19(10-12-21)6-5-13-23-14-16-25-17-15-23;1-3-2/h2-12H,1,13-17H2;3H,1H2,2H3/b6-5+;. The third kappa shape index (κ3) is 6.76. The van der Waals surface area contributed by atoms with E-state index in [9.17, 15) is 4.79 Å². The predicted octanol–water partition coefficient (Wildman–Crippen LogP) is 5.12. The summed E-state index contributed by atoms with van der Waals surface area (Å²) in [5.41, 5.74) is 3.15. The summed E-state index contributed by atoms with van der Waals surface area (Å²) in [6.07, 6.45) is 6.00. The molecule has 146 valence electrons. The van der Waals surface area contributed by atoms with Crippen LogP contribution in [0.1, 0.15) is 28.4 Å². The molecule has 2 aromatic rings. The average molecular weight is 376 g/mol. The minimum Gasteiger partial charge on any atom is -0.379 e. The second-order valence-electron chi connectivity index (χ2n) is 6.52. The van der Waals surface area contributed by atoms with E-state index in [-0.39, 0.29) is 5.78 Å². The molecule has 1 saturated heterocycles. The third-order valence-electron chi connectivity index (χ3n) is 4.35. The van der Waals surface area contributed by atoms with E-state index < -0.39 is 0 Å². The molecule has 0 aliphatic carbocycles. The molecule has 0 saturated carbocycles. The van der Waals surface area contributed by atoms with Crippen LogP contribution in [0.2, 0.25) is 0 Å². The smallest absolute Gasteiger partial charge is 0.193 e. The molecule has 0 amide bonds. The van der Waals surface area contributed by atoms with Gasteiger partial charge in [0.05, 0.1) is 13.2 Å². The summed E-state index contributed by atoms with van der Waals surface area (Å²) in [4.78, 5) is 14.9. The number of ketones is 1. The highest BCUT2D eigenvalue weighted by Crippen LogP contribution is 2.18. The summed E-state index contributed by atoms with van der Waals surface area (Å²) in [7, 11) is 0. The molecule has 3 nitrogen and oxygen atoms in total. The van der Waals surface area contributed by atoms with Crippen molar-refractivity contribution in [3.05, 3.63) is 96.6 Å². The first-order valence-electron chi connectivity index (χ1n) is 9.58. The number of benzene rings is 2. The Kier molecular flexibility index (Phi) is 9.13. The van der Waals surface area contributed by atoms with E-state index >= 15 is 0 Å². The van der Waals surface area contributed by atoms with Crippen molar-refractivity contribution in [1.29, 1.82) is 0 Å². The van der Waals surface area contributed by atoms with Gasteiger partial charge in [0.2, 0.25) is 0 Å². The molecule has 1 heterocycles. The average Bonchev–Trinajstić information content (AvgIpc) is 2.75. The van der Waals surface area contributed by atoms with Crippen molar-refractivity contribution in [1.82, 2.24) is 4.90 Å². The van der Waals surface area contributed by atoms with Crippen molar-refractivity contribution >= 4 is 17.4 Å². The van der Waals surface area contributed by atoms with E-state index in [2.05, 4.69) is 30.2 Å². The topological polar surface area (TPSA) is 29.5 Å². The maximum atomic E-state index is 12.5. The quantitative estimate of drug-likeness (QED) is 0.399. The van der Waals surface area contributed by atoms with Gasteiger partial charge in [-0.2, -0.15) is 0 Å². The van der Waals surface area contributed by atoms with Crippen LogP contribution in [-0.4, -0.2) is 43.5 Å². The van der Waals surface area contributed by atoms with Crippen LogP contribution >= 0.6 is 0 Å². The highest BCUT2D eigenvalue weighted by molar-refractivity contribution is 6.28. The van der Waals surface area contributed by atoms with Crippen LogP contribution in [0.25, 0.3) is 11.6 Å². The Hall–Kier alpha value is -2.75. The molecule has 0 bridgehead atoms. The number of carbonyl (C=O) groups is 1. The number of allylic oxidation sites excluding steroid dienone is 2. The summed E-state index contributed by atoms with van der Waals surface area (Å²) in [6.45, 7) is 13.7. The number of hydrogen-bond acceptors (Lipinski definition) is 3. The van der Waals surface area contributed by atoms with Crippen LogP contribution in [0, 0.1) is 0 Å². The van der Waals surface area contributed by atoms with Crippen LogP contribution in [0.3, 0.4) is 0 Å². The number of carbonyl (C=O) groups excluding carboxylic acids is 1. The molecule has 0 N–H and O–H groups in total. The lowest BCUT2D eigenvalue weighted by Crippen LogP contribution is -2.36. The maximum Gasteiger partial charge on any atom is 0.193 e. The molecule has 0 atom stereocenters. The molecule has 3 heteroatoms. The van der Waals surface area contributed by atoms with Gasteiger partial charge in [-0.15, -0.1) is 6.58 Å². The number of hydrogen-bond donors (Lipinski definition) is 0. The van der Waals surface area contributed by atoms with E-state index in [1.165, 1.54) is 0 Å². The number of morpholine rings is 1. The molecule has 0 spiro atoms. The molecular formula is C25H29NO2. The summed E-state index contributed by atoms with van der Waals surface area (Å²) in [6, 6.07) is 17.2. The summed E-state index contributed by atoms with van der Waals surface area (Å²) < 4.78 is 5.35. The molecule has 1 aliphatic heterocycles. The van der Waals surface area contributed by atoms with E-state index in [0.29, 0.717) is 11.1 Å². The Balaban J connectivity index is 0.000000878. The SMILES string of the molecule is C=C(C(=O)c1ccc(/C=C/CN2CCOCC2)cc1)c1ccccc1.C=CC. The second-order valence-corrected chi connectivity index (χ2v) is 6.52. The number of nitrogens with zero attached hydrogens (tertiary/aromatic N) is 1. The van der Waals surface area contributed by atoms with Gasteiger partial charge in [-0.3, -0.25) is 9.69 Å². The lowest BCUT2D eigenvalue weighted by molar-refractivity contribution is 0.0435. The Labute approximate surface area is 168 Å². The van der Waals surface area contributed by atoms with Crippen molar-refractivity contribution in [3.63, 3.8) is 0 Å². The van der Waals surface area contributed by atoms with Gasteiger partial charge in [0.15, 0.2) is 5.78 Å². The highest BCUT2D eigenvalue weighted by Gasteiger charge is 2.11. The van der Waals surface area contributed by atoms with Crippen molar-refractivity contribution in [3.8, 4) is 0 Å².